The Hall–Kier alpha value is -0.930. The van der Waals surface area contributed by atoms with Gasteiger partial charge in [0.2, 0.25) is 10.0 Å². The molecule has 1 atom stereocenters. The Morgan fingerprint density at radius 2 is 2.19 bits per heavy atom. The maximum atomic E-state index is 12.1. The molecular formula is C12H22ClN5O2S. The Morgan fingerprint density at radius 3 is 2.71 bits per heavy atom. The maximum absolute atomic E-state index is 12.1. The van der Waals surface area contributed by atoms with E-state index in [-0.39, 0.29) is 15.7 Å². The van der Waals surface area contributed by atoms with Crippen LogP contribution in [0.15, 0.2) is 17.2 Å². The van der Waals surface area contributed by atoms with E-state index in [0.717, 1.165) is 6.42 Å². The lowest BCUT2D eigenvalue weighted by Gasteiger charge is -2.23. The minimum Gasteiger partial charge on any atom is -0.307 e. The molecule has 1 rings (SSSR count). The second-order valence-corrected chi connectivity index (χ2v) is 6.96. The van der Waals surface area contributed by atoms with Crippen molar-refractivity contribution in [3.63, 3.8) is 0 Å². The molecule has 0 saturated heterocycles. The number of halogens is 1. The highest BCUT2D eigenvalue weighted by Crippen LogP contribution is 2.21. The first kappa shape index (κ1) is 18.1. The van der Waals surface area contributed by atoms with Crippen LogP contribution in [0.25, 0.3) is 0 Å². The summed E-state index contributed by atoms with van der Waals surface area (Å²) in [4.78, 5) is 5.95. The van der Waals surface area contributed by atoms with Gasteiger partial charge in [0.1, 0.15) is 4.90 Å². The molecule has 1 heterocycles. The third-order valence-corrected chi connectivity index (χ3v) is 5.08. The maximum Gasteiger partial charge on any atom is 0.242 e. The van der Waals surface area contributed by atoms with Crippen LogP contribution in [-0.2, 0) is 10.0 Å². The van der Waals surface area contributed by atoms with Crippen LogP contribution in [0.3, 0.4) is 0 Å². The van der Waals surface area contributed by atoms with E-state index in [2.05, 4.69) is 33.9 Å². The van der Waals surface area contributed by atoms with E-state index in [1.807, 2.05) is 7.05 Å². The number of nitrogens with two attached hydrogens (primary N) is 1. The Morgan fingerprint density at radius 1 is 1.52 bits per heavy atom. The van der Waals surface area contributed by atoms with Crippen molar-refractivity contribution in [2.75, 3.05) is 25.6 Å². The van der Waals surface area contributed by atoms with Gasteiger partial charge in [-0.2, -0.15) is 0 Å². The molecule has 9 heteroatoms. The average Bonchev–Trinajstić information content (AvgIpc) is 2.45. The van der Waals surface area contributed by atoms with Gasteiger partial charge in [-0.3, -0.25) is 0 Å². The van der Waals surface area contributed by atoms with Crippen LogP contribution in [-0.4, -0.2) is 44.5 Å². The van der Waals surface area contributed by atoms with Crippen molar-refractivity contribution >= 4 is 27.4 Å². The molecule has 0 aliphatic rings. The first-order valence-electron chi connectivity index (χ1n) is 6.63. The Balaban J connectivity index is 2.68. The van der Waals surface area contributed by atoms with E-state index in [0.29, 0.717) is 19.1 Å². The monoisotopic (exact) mass is 335 g/mol. The molecule has 21 heavy (non-hydrogen) atoms. The Bertz CT molecular complexity index is 567. The summed E-state index contributed by atoms with van der Waals surface area (Å²) >= 11 is 5.87. The van der Waals surface area contributed by atoms with Gasteiger partial charge in [0, 0.05) is 25.3 Å². The summed E-state index contributed by atoms with van der Waals surface area (Å²) in [6.07, 6.45) is 2.22. The van der Waals surface area contributed by atoms with Crippen LogP contribution < -0.4 is 16.0 Å². The molecule has 1 aromatic heterocycles. The molecule has 0 saturated carbocycles. The lowest BCUT2D eigenvalue weighted by Crippen LogP contribution is -2.37. The minimum absolute atomic E-state index is 0.0118. The van der Waals surface area contributed by atoms with Gasteiger partial charge in [0.15, 0.2) is 5.82 Å². The summed E-state index contributed by atoms with van der Waals surface area (Å²) < 4.78 is 26.8. The number of hydrogen-bond donors (Lipinski definition) is 3. The number of anilines is 1. The summed E-state index contributed by atoms with van der Waals surface area (Å²) in [6.45, 7) is 5.12. The first-order valence-corrected chi connectivity index (χ1v) is 8.50. The quantitative estimate of drug-likeness (QED) is 0.484. The molecule has 0 aliphatic heterocycles. The molecule has 7 nitrogen and oxygen atoms in total. The minimum atomic E-state index is -3.63. The van der Waals surface area contributed by atoms with Crippen LogP contribution in [0.4, 0.5) is 5.82 Å². The van der Waals surface area contributed by atoms with E-state index >= 15 is 0 Å². The van der Waals surface area contributed by atoms with Crippen molar-refractivity contribution in [3.05, 3.63) is 17.3 Å². The van der Waals surface area contributed by atoms with Gasteiger partial charge < -0.3 is 10.3 Å². The van der Waals surface area contributed by atoms with Crippen molar-refractivity contribution in [2.45, 2.75) is 31.2 Å². The first-order chi connectivity index (χ1) is 9.81. The van der Waals surface area contributed by atoms with Crippen LogP contribution in [0.2, 0.25) is 5.02 Å². The van der Waals surface area contributed by atoms with Gasteiger partial charge in [-0.1, -0.05) is 18.5 Å². The normalized spacial score (nSPS) is 13.4. The zero-order valence-electron chi connectivity index (χ0n) is 12.4. The van der Waals surface area contributed by atoms with Crippen LogP contribution >= 0.6 is 11.6 Å². The highest BCUT2D eigenvalue weighted by Gasteiger charge is 2.16. The molecule has 1 unspecified atom stereocenters. The van der Waals surface area contributed by atoms with E-state index < -0.39 is 10.0 Å². The number of rotatable bonds is 8. The smallest absolute Gasteiger partial charge is 0.242 e. The van der Waals surface area contributed by atoms with Gasteiger partial charge in [-0.05, 0) is 26.5 Å². The topological polar surface area (TPSA) is 100 Å². The Kier molecular flexibility index (Phi) is 6.82. The Labute approximate surface area is 130 Å². The molecule has 0 spiro atoms. The highest BCUT2D eigenvalue weighted by atomic mass is 35.5. The van der Waals surface area contributed by atoms with Gasteiger partial charge in [-0.15, -0.1) is 0 Å². The molecule has 4 N–H and O–H groups in total. The molecular weight excluding hydrogens is 314 g/mol. The van der Waals surface area contributed by atoms with Gasteiger partial charge in [-0.25, -0.2) is 24.0 Å². The van der Waals surface area contributed by atoms with Crippen LogP contribution in [0.1, 0.15) is 20.3 Å². The van der Waals surface area contributed by atoms with Crippen molar-refractivity contribution in [2.24, 2.45) is 5.84 Å². The molecule has 0 aliphatic carbocycles. The summed E-state index contributed by atoms with van der Waals surface area (Å²) in [5.41, 5.74) is 2.29. The van der Waals surface area contributed by atoms with E-state index in [1.165, 1.54) is 12.3 Å². The largest absolute Gasteiger partial charge is 0.307 e. The molecule has 0 radical (unpaired) electrons. The predicted molar refractivity (Wildman–Crippen MR) is 84.6 cm³/mol. The number of nitrogens with zero attached hydrogens (tertiary/aromatic N) is 2. The summed E-state index contributed by atoms with van der Waals surface area (Å²) in [6, 6.07) is 1.71. The average molecular weight is 336 g/mol. The number of sulfonamides is 1. The zero-order chi connectivity index (χ0) is 16.0. The number of hydrazine groups is 1. The van der Waals surface area contributed by atoms with E-state index in [4.69, 9.17) is 17.4 Å². The lowest BCUT2D eigenvalue weighted by molar-refractivity contribution is 0.256. The number of nitrogens with one attached hydrogen (secondary N) is 2. The van der Waals surface area contributed by atoms with Gasteiger partial charge >= 0.3 is 0 Å². The number of likely N-dealkylation sites (N-methyl/N-ethyl adjacent to an activating group) is 1. The molecule has 0 bridgehead atoms. The number of nitrogen functional groups attached to an aromatic ring is 1. The second-order valence-electron chi connectivity index (χ2n) is 4.78. The van der Waals surface area contributed by atoms with Crippen LogP contribution in [0.5, 0.6) is 0 Å². The third kappa shape index (κ3) is 5.08. The van der Waals surface area contributed by atoms with Crippen molar-refractivity contribution in [1.29, 1.82) is 0 Å². The van der Waals surface area contributed by atoms with Crippen molar-refractivity contribution < 1.29 is 8.42 Å². The molecule has 0 fully saturated rings. The summed E-state index contributed by atoms with van der Waals surface area (Å²) in [5.74, 6) is 5.43. The molecule has 0 amide bonds. The van der Waals surface area contributed by atoms with Gasteiger partial charge in [0.05, 0.1) is 5.02 Å². The SMILES string of the molecule is CCC(C)N(C)CCNS(=O)(=O)c1cnc(NN)c(Cl)c1. The number of aromatic nitrogens is 1. The predicted octanol–water partition coefficient (Wildman–Crippen LogP) is 1.03. The zero-order valence-corrected chi connectivity index (χ0v) is 14.0. The second kappa shape index (κ2) is 7.90. The van der Waals surface area contributed by atoms with Crippen molar-refractivity contribution in [1.82, 2.24) is 14.6 Å². The van der Waals surface area contributed by atoms with E-state index in [9.17, 15) is 8.42 Å². The number of hydrogen-bond acceptors (Lipinski definition) is 6. The molecule has 1 aromatic rings. The van der Waals surface area contributed by atoms with Crippen molar-refractivity contribution in [3.8, 4) is 0 Å². The van der Waals surface area contributed by atoms with Gasteiger partial charge in [0.25, 0.3) is 0 Å². The fraction of sp³-hybridized carbons (Fsp3) is 0.583. The van der Waals surface area contributed by atoms with E-state index in [1.54, 1.807) is 0 Å². The standard InChI is InChI=1S/C12H22ClN5O2S/c1-4-9(2)18(3)6-5-16-21(19,20)10-7-11(13)12(17-14)15-8-10/h7-9,16H,4-6,14H2,1-3H3,(H,15,17). The van der Waals surface area contributed by atoms with Crippen LogP contribution in [0, 0.1) is 0 Å². The highest BCUT2D eigenvalue weighted by molar-refractivity contribution is 7.89. The fourth-order valence-corrected chi connectivity index (χ4v) is 2.92. The fourth-order valence-electron chi connectivity index (χ4n) is 1.65. The lowest BCUT2D eigenvalue weighted by atomic mass is 10.2. The molecule has 0 aromatic carbocycles. The summed E-state index contributed by atoms with van der Waals surface area (Å²) in [5, 5.41) is 0.150. The molecule has 120 valence electrons. The summed E-state index contributed by atoms with van der Waals surface area (Å²) in [7, 11) is -1.67. The number of pyridine rings is 1. The third-order valence-electron chi connectivity index (χ3n) is 3.36.